The molecular formula is C15H25N3O2. The average Bonchev–Trinajstić information content (AvgIpc) is 3.08. The van der Waals surface area contributed by atoms with E-state index < -0.39 is 0 Å². The minimum absolute atomic E-state index is 0.0408. The van der Waals surface area contributed by atoms with Crippen molar-refractivity contribution in [3.8, 4) is 0 Å². The molecule has 3 fully saturated rings. The van der Waals surface area contributed by atoms with E-state index >= 15 is 0 Å². The van der Waals surface area contributed by atoms with Crippen LogP contribution in [0.3, 0.4) is 0 Å². The molecule has 5 nitrogen and oxygen atoms in total. The van der Waals surface area contributed by atoms with Gasteiger partial charge in [0.15, 0.2) is 0 Å². The fraction of sp³-hybridized carbons (Fsp3) is 0.867. The molecule has 3 aliphatic rings. The zero-order valence-electron chi connectivity index (χ0n) is 12.2. The largest absolute Gasteiger partial charge is 0.359 e. The summed E-state index contributed by atoms with van der Waals surface area (Å²) in [5, 5.41) is 6.14. The third-order valence-corrected chi connectivity index (χ3v) is 5.44. The standard InChI is InChI=1S/C15H25N3O2/c1-16-14(19)10-5-7-18(8-6-10)15(20)13-12-4-2-3-11(12)9-17-13/h10-13,17H,2-9H2,1H3,(H,16,19). The highest BCUT2D eigenvalue weighted by Crippen LogP contribution is 2.38. The summed E-state index contributed by atoms with van der Waals surface area (Å²) < 4.78 is 0. The molecule has 3 unspecified atom stereocenters. The molecule has 0 aromatic heterocycles. The Labute approximate surface area is 120 Å². The Morgan fingerprint density at radius 2 is 1.90 bits per heavy atom. The van der Waals surface area contributed by atoms with E-state index in [0.717, 1.165) is 32.5 Å². The van der Waals surface area contributed by atoms with Crippen LogP contribution in [0.25, 0.3) is 0 Å². The first-order valence-corrected chi connectivity index (χ1v) is 7.94. The highest BCUT2D eigenvalue weighted by Gasteiger charge is 2.44. The monoisotopic (exact) mass is 279 g/mol. The van der Waals surface area contributed by atoms with Gasteiger partial charge in [-0.15, -0.1) is 0 Å². The first-order valence-electron chi connectivity index (χ1n) is 7.94. The fourth-order valence-electron chi connectivity index (χ4n) is 4.22. The van der Waals surface area contributed by atoms with Crippen LogP contribution in [0.1, 0.15) is 32.1 Å². The second-order valence-corrected chi connectivity index (χ2v) is 6.45. The van der Waals surface area contributed by atoms with E-state index in [1.54, 1.807) is 7.05 Å². The van der Waals surface area contributed by atoms with Gasteiger partial charge < -0.3 is 15.5 Å². The van der Waals surface area contributed by atoms with Crippen LogP contribution in [-0.4, -0.2) is 49.4 Å². The lowest BCUT2D eigenvalue weighted by Crippen LogP contribution is -2.50. The molecule has 1 saturated carbocycles. The van der Waals surface area contributed by atoms with Crippen molar-refractivity contribution in [2.75, 3.05) is 26.7 Å². The Kier molecular flexibility index (Phi) is 3.96. The third-order valence-electron chi connectivity index (χ3n) is 5.44. The number of carbonyl (C=O) groups is 2. The summed E-state index contributed by atoms with van der Waals surface area (Å²) in [6.45, 7) is 2.47. The second-order valence-electron chi connectivity index (χ2n) is 6.45. The predicted octanol–water partition coefficient (Wildman–Crippen LogP) is 0.359. The van der Waals surface area contributed by atoms with Crippen molar-refractivity contribution >= 4 is 11.8 Å². The summed E-state index contributed by atoms with van der Waals surface area (Å²) in [6.07, 6.45) is 5.35. The van der Waals surface area contributed by atoms with Crippen LogP contribution in [-0.2, 0) is 9.59 Å². The quantitative estimate of drug-likeness (QED) is 0.767. The Morgan fingerprint density at radius 1 is 1.15 bits per heavy atom. The van der Waals surface area contributed by atoms with Gasteiger partial charge in [0.1, 0.15) is 0 Å². The maximum Gasteiger partial charge on any atom is 0.240 e. The van der Waals surface area contributed by atoms with Gasteiger partial charge in [0.2, 0.25) is 11.8 Å². The zero-order valence-corrected chi connectivity index (χ0v) is 12.2. The average molecular weight is 279 g/mol. The molecule has 20 heavy (non-hydrogen) atoms. The Bertz CT molecular complexity index is 391. The summed E-state index contributed by atoms with van der Waals surface area (Å²) in [5.41, 5.74) is 0. The molecular weight excluding hydrogens is 254 g/mol. The maximum atomic E-state index is 12.7. The molecule has 3 atom stereocenters. The molecule has 2 heterocycles. The van der Waals surface area contributed by atoms with Gasteiger partial charge in [0.25, 0.3) is 0 Å². The molecule has 112 valence electrons. The van der Waals surface area contributed by atoms with Crippen LogP contribution in [0.5, 0.6) is 0 Å². The van der Waals surface area contributed by atoms with Gasteiger partial charge in [0.05, 0.1) is 6.04 Å². The molecule has 0 radical (unpaired) electrons. The van der Waals surface area contributed by atoms with E-state index in [-0.39, 0.29) is 23.8 Å². The normalized spacial score (nSPS) is 34.0. The van der Waals surface area contributed by atoms with Gasteiger partial charge in [-0.2, -0.15) is 0 Å². The van der Waals surface area contributed by atoms with Crippen molar-refractivity contribution in [2.45, 2.75) is 38.1 Å². The van der Waals surface area contributed by atoms with E-state index in [1.807, 2.05) is 4.90 Å². The molecule has 2 amide bonds. The Morgan fingerprint density at radius 3 is 2.60 bits per heavy atom. The number of hydrogen-bond acceptors (Lipinski definition) is 3. The lowest BCUT2D eigenvalue weighted by Gasteiger charge is -2.34. The molecule has 3 rings (SSSR count). The van der Waals surface area contributed by atoms with Crippen LogP contribution in [0.4, 0.5) is 0 Å². The van der Waals surface area contributed by atoms with Crippen molar-refractivity contribution in [1.82, 2.24) is 15.5 Å². The molecule has 0 bridgehead atoms. The number of nitrogens with zero attached hydrogens (tertiary/aromatic N) is 1. The smallest absolute Gasteiger partial charge is 0.240 e. The SMILES string of the molecule is CNC(=O)C1CCN(C(=O)C2NCC3CCCC32)CC1. The fourth-order valence-corrected chi connectivity index (χ4v) is 4.22. The lowest BCUT2D eigenvalue weighted by atomic mass is 9.91. The van der Waals surface area contributed by atoms with Gasteiger partial charge >= 0.3 is 0 Å². The minimum atomic E-state index is 0.0408. The number of amides is 2. The molecule has 1 aliphatic carbocycles. The van der Waals surface area contributed by atoms with Gasteiger partial charge in [0, 0.05) is 26.1 Å². The third kappa shape index (κ3) is 2.43. The lowest BCUT2D eigenvalue weighted by molar-refractivity contribution is -0.137. The first kappa shape index (κ1) is 13.9. The van der Waals surface area contributed by atoms with Crippen LogP contribution < -0.4 is 10.6 Å². The maximum absolute atomic E-state index is 12.7. The molecule has 0 spiro atoms. The number of carbonyl (C=O) groups excluding carboxylic acids is 2. The van der Waals surface area contributed by atoms with E-state index in [1.165, 1.54) is 19.3 Å². The zero-order chi connectivity index (χ0) is 14.1. The molecule has 2 saturated heterocycles. The van der Waals surface area contributed by atoms with Gasteiger partial charge in [-0.1, -0.05) is 6.42 Å². The van der Waals surface area contributed by atoms with Crippen molar-refractivity contribution in [3.05, 3.63) is 0 Å². The summed E-state index contributed by atoms with van der Waals surface area (Å²) in [4.78, 5) is 26.2. The molecule has 0 aromatic rings. The Balaban J connectivity index is 1.55. The van der Waals surface area contributed by atoms with Crippen molar-refractivity contribution < 1.29 is 9.59 Å². The number of piperidine rings is 1. The topological polar surface area (TPSA) is 61.4 Å². The highest BCUT2D eigenvalue weighted by molar-refractivity contribution is 5.83. The number of hydrogen-bond donors (Lipinski definition) is 2. The number of nitrogens with one attached hydrogen (secondary N) is 2. The summed E-state index contributed by atoms with van der Waals surface area (Å²) in [7, 11) is 1.68. The molecule has 5 heteroatoms. The van der Waals surface area contributed by atoms with Crippen LogP contribution in [0.15, 0.2) is 0 Å². The summed E-state index contributed by atoms with van der Waals surface area (Å²) >= 11 is 0. The van der Waals surface area contributed by atoms with Crippen molar-refractivity contribution in [3.63, 3.8) is 0 Å². The van der Waals surface area contributed by atoms with Gasteiger partial charge in [-0.3, -0.25) is 9.59 Å². The van der Waals surface area contributed by atoms with Crippen molar-refractivity contribution in [2.24, 2.45) is 17.8 Å². The second kappa shape index (κ2) is 5.72. The number of rotatable bonds is 2. The number of likely N-dealkylation sites (tertiary alicyclic amines) is 1. The van der Waals surface area contributed by atoms with Gasteiger partial charge in [-0.25, -0.2) is 0 Å². The minimum Gasteiger partial charge on any atom is -0.359 e. The van der Waals surface area contributed by atoms with E-state index in [2.05, 4.69) is 10.6 Å². The van der Waals surface area contributed by atoms with Crippen LogP contribution in [0.2, 0.25) is 0 Å². The van der Waals surface area contributed by atoms with E-state index in [4.69, 9.17) is 0 Å². The molecule has 0 aromatic carbocycles. The van der Waals surface area contributed by atoms with E-state index in [0.29, 0.717) is 11.8 Å². The van der Waals surface area contributed by atoms with Gasteiger partial charge in [-0.05, 0) is 44.1 Å². The van der Waals surface area contributed by atoms with Crippen LogP contribution in [0, 0.1) is 17.8 Å². The summed E-state index contributed by atoms with van der Waals surface area (Å²) in [5.74, 6) is 1.74. The van der Waals surface area contributed by atoms with E-state index in [9.17, 15) is 9.59 Å². The first-order chi connectivity index (χ1) is 9.70. The predicted molar refractivity (Wildman–Crippen MR) is 76.0 cm³/mol. The highest BCUT2D eigenvalue weighted by atomic mass is 16.2. The van der Waals surface area contributed by atoms with Crippen molar-refractivity contribution in [1.29, 1.82) is 0 Å². The Hall–Kier alpha value is -1.10. The van der Waals surface area contributed by atoms with Crippen LogP contribution >= 0.6 is 0 Å². The number of fused-ring (bicyclic) bond motifs is 1. The molecule has 2 N–H and O–H groups in total. The summed E-state index contributed by atoms with van der Waals surface area (Å²) in [6, 6.07) is 0.0408. The molecule has 2 aliphatic heterocycles.